The highest BCUT2D eigenvalue weighted by Crippen LogP contribution is 2.55. The lowest BCUT2D eigenvalue weighted by molar-refractivity contribution is -0.140. The highest BCUT2D eigenvalue weighted by molar-refractivity contribution is 6.02. The first kappa shape index (κ1) is 14.3. The second-order valence-electron chi connectivity index (χ2n) is 6.82. The summed E-state index contributed by atoms with van der Waals surface area (Å²) in [5.41, 5.74) is 2.07. The summed E-state index contributed by atoms with van der Waals surface area (Å²) in [6.07, 6.45) is 4.76. The van der Waals surface area contributed by atoms with Gasteiger partial charge < -0.3 is 0 Å². The molecule has 1 aliphatic carbocycles. The highest BCUT2D eigenvalue weighted by atomic mass is 16.2. The third-order valence-electron chi connectivity index (χ3n) is 5.35. The van der Waals surface area contributed by atoms with E-state index in [2.05, 4.69) is 18.3 Å². The van der Waals surface area contributed by atoms with Gasteiger partial charge in [0.2, 0.25) is 11.8 Å². The standard InChI is InChI=1S/C18H23NO2/c1-3-13-7-8-18(10-13)11-15(20)19-17(21)16(18)14-6-4-5-12(2)9-14/h4-6,9,13,16H,3,7-8,10-11H2,1-2H3,(H,19,20,21). The molecule has 1 aromatic rings. The van der Waals surface area contributed by atoms with Gasteiger partial charge in [-0.1, -0.05) is 43.2 Å². The van der Waals surface area contributed by atoms with Crippen LogP contribution in [0.3, 0.4) is 0 Å². The Hall–Kier alpha value is -1.64. The number of hydrogen-bond acceptors (Lipinski definition) is 2. The second-order valence-corrected chi connectivity index (χ2v) is 6.82. The molecule has 3 unspecified atom stereocenters. The fourth-order valence-electron chi connectivity index (χ4n) is 4.35. The zero-order chi connectivity index (χ0) is 15.0. The Morgan fingerprint density at radius 3 is 2.81 bits per heavy atom. The summed E-state index contributed by atoms with van der Waals surface area (Å²) in [5.74, 6) is 0.275. The summed E-state index contributed by atoms with van der Waals surface area (Å²) >= 11 is 0. The van der Waals surface area contributed by atoms with Crippen molar-refractivity contribution in [3.8, 4) is 0 Å². The minimum absolute atomic E-state index is 0.0966. The van der Waals surface area contributed by atoms with Gasteiger partial charge in [-0.05, 0) is 43.1 Å². The van der Waals surface area contributed by atoms with Gasteiger partial charge in [0.1, 0.15) is 0 Å². The van der Waals surface area contributed by atoms with Crippen LogP contribution >= 0.6 is 0 Å². The molecule has 0 radical (unpaired) electrons. The maximum atomic E-state index is 12.5. The minimum Gasteiger partial charge on any atom is -0.296 e. The third kappa shape index (κ3) is 2.50. The van der Waals surface area contributed by atoms with E-state index in [9.17, 15) is 9.59 Å². The van der Waals surface area contributed by atoms with Crippen molar-refractivity contribution in [2.45, 2.75) is 51.9 Å². The van der Waals surface area contributed by atoms with Crippen molar-refractivity contribution in [1.29, 1.82) is 0 Å². The lowest BCUT2D eigenvalue weighted by Gasteiger charge is -2.40. The fraction of sp³-hybridized carbons (Fsp3) is 0.556. The van der Waals surface area contributed by atoms with E-state index in [0.717, 1.165) is 36.8 Å². The first-order chi connectivity index (χ1) is 10.0. The van der Waals surface area contributed by atoms with Crippen LogP contribution in [0.5, 0.6) is 0 Å². The molecule has 3 atom stereocenters. The van der Waals surface area contributed by atoms with E-state index in [1.165, 1.54) is 0 Å². The van der Waals surface area contributed by atoms with Gasteiger partial charge in [0.25, 0.3) is 0 Å². The van der Waals surface area contributed by atoms with Crippen molar-refractivity contribution in [3.05, 3.63) is 35.4 Å². The number of benzene rings is 1. The molecule has 1 spiro atoms. The fourth-order valence-corrected chi connectivity index (χ4v) is 4.35. The minimum atomic E-state index is -0.174. The van der Waals surface area contributed by atoms with E-state index in [4.69, 9.17) is 0 Å². The van der Waals surface area contributed by atoms with Gasteiger partial charge in [0.15, 0.2) is 0 Å². The number of imide groups is 1. The molecule has 1 aliphatic heterocycles. The molecular weight excluding hydrogens is 262 g/mol. The quantitative estimate of drug-likeness (QED) is 0.847. The Morgan fingerprint density at radius 1 is 1.33 bits per heavy atom. The van der Waals surface area contributed by atoms with Crippen LogP contribution in [0.4, 0.5) is 0 Å². The summed E-state index contributed by atoms with van der Waals surface area (Å²) in [6, 6.07) is 8.19. The number of hydrogen-bond donors (Lipinski definition) is 1. The van der Waals surface area contributed by atoms with Crippen molar-refractivity contribution < 1.29 is 9.59 Å². The normalized spacial score (nSPS) is 32.5. The average Bonchev–Trinajstić information content (AvgIpc) is 2.81. The molecule has 2 fully saturated rings. The van der Waals surface area contributed by atoms with Crippen LogP contribution in [0.15, 0.2) is 24.3 Å². The Labute approximate surface area is 126 Å². The lowest BCUT2D eigenvalue weighted by Crippen LogP contribution is -2.49. The van der Waals surface area contributed by atoms with Crippen molar-refractivity contribution >= 4 is 11.8 Å². The number of carbonyl (C=O) groups excluding carboxylic acids is 2. The molecule has 1 saturated heterocycles. The van der Waals surface area contributed by atoms with Crippen LogP contribution in [0, 0.1) is 18.3 Å². The lowest BCUT2D eigenvalue weighted by atomic mass is 9.65. The number of rotatable bonds is 2. The molecule has 3 nitrogen and oxygen atoms in total. The first-order valence-electron chi connectivity index (χ1n) is 7.94. The highest BCUT2D eigenvalue weighted by Gasteiger charge is 2.52. The van der Waals surface area contributed by atoms with Crippen LogP contribution in [0.1, 0.15) is 56.1 Å². The van der Waals surface area contributed by atoms with Crippen molar-refractivity contribution in [3.63, 3.8) is 0 Å². The third-order valence-corrected chi connectivity index (χ3v) is 5.35. The number of nitrogens with one attached hydrogen (secondary N) is 1. The van der Waals surface area contributed by atoms with Gasteiger partial charge >= 0.3 is 0 Å². The number of carbonyl (C=O) groups is 2. The number of piperidine rings is 1. The maximum absolute atomic E-state index is 12.5. The molecule has 1 saturated carbocycles. The molecule has 2 amide bonds. The van der Waals surface area contributed by atoms with E-state index in [1.54, 1.807) is 0 Å². The molecule has 21 heavy (non-hydrogen) atoms. The van der Waals surface area contributed by atoms with Crippen LogP contribution < -0.4 is 5.32 Å². The predicted octanol–water partition coefficient (Wildman–Crippen LogP) is 3.32. The summed E-state index contributed by atoms with van der Waals surface area (Å²) < 4.78 is 0. The number of aryl methyl sites for hydroxylation is 1. The zero-order valence-electron chi connectivity index (χ0n) is 12.8. The Bertz CT molecular complexity index is 580. The predicted molar refractivity (Wildman–Crippen MR) is 81.8 cm³/mol. The Balaban J connectivity index is 2.02. The van der Waals surface area contributed by atoms with Crippen LogP contribution in [0.2, 0.25) is 0 Å². The van der Waals surface area contributed by atoms with E-state index >= 15 is 0 Å². The van der Waals surface area contributed by atoms with E-state index in [0.29, 0.717) is 12.3 Å². The Kier molecular flexibility index (Phi) is 3.60. The van der Waals surface area contributed by atoms with Gasteiger partial charge in [-0.15, -0.1) is 0 Å². The maximum Gasteiger partial charge on any atom is 0.234 e. The summed E-state index contributed by atoms with van der Waals surface area (Å²) in [5, 5.41) is 2.55. The molecule has 0 bridgehead atoms. The molecule has 1 heterocycles. The van der Waals surface area contributed by atoms with Crippen LogP contribution in [0.25, 0.3) is 0 Å². The molecular formula is C18H23NO2. The van der Waals surface area contributed by atoms with Gasteiger partial charge in [-0.25, -0.2) is 0 Å². The molecule has 2 aliphatic rings. The van der Waals surface area contributed by atoms with Gasteiger partial charge in [0.05, 0.1) is 5.92 Å². The average molecular weight is 285 g/mol. The van der Waals surface area contributed by atoms with Gasteiger partial charge in [0, 0.05) is 6.42 Å². The van der Waals surface area contributed by atoms with E-state index < -0.39 is 0 Å². The van der Waals surface area contributed by atoms with Gasteiger partial charge in [-0.2, -0.15) is 0 Å². The molecule has 1 N–H and O–H groups in total. The van der Waals surface area contributed by atoms with Crippen molar-refractivity contribution in [1.82, 2.24) is 5.32 Å². The monoisotopic (exact) mass is 285 g/mol. The van der Waals surface area contributed by atoms with Crippen LogP contribution in [-0.2, 0) is 9.59 Å². The van der Waals surface area contributed by atoms with Crippen LogP contribution in [-0.4, -0.2) is 11.8 Å². The number of amides is 2. The molecule has 112 valence electrons. The SMILES string of the molecule is CCC1CCC2(CC(=O)NC(=O)C2c2cccc(C)c2)C1. The van der Waals surface area contributed by atoms with E-state index in [1.807, 2.05) is 25.1 Å². The molecule has 0 aromatic heterocycles. The smallest absolute Gasteiger partial charge is 0.234 e. The summed E-state index contributed by atoms with van der Waals surface area (Å²) in [4.78, 5) is 24.5. The Morgan fingerprint density at radius 2 is 2.14 bits per heavy atom. The second kappa shape index (κ2) is 5.28. The van der Waals surface area contributed by atoms with Gasteiger partial charge in [-0.3, -0.25) is 14.9 Å². The largest absolute Gasteiger partial charge is 0.296 e. The van der Waals surface area contributed by atoms with Crippen molar-refractivity contribution in [2.75, 3.05) is 0 Å². The topological polar surface area (TPSA) is 46.2 Å². The molecule has 3 heteroatoms. The molecule has 3 rings (SSSR count). The first-order valence-corrected chi connectivity index (χ1v) is 7.94. The van der Waals surface area contributed by atoms with Crippen molar-refractivity contribution in [2.24, 2.45) is 11.3 Å². The summed E-state index contributed by atoms with van der Waals surface area (Å²) in [7, 11) is 0. The molecule has 1 aromatic carbocycles. The summed E-state index contributed by atoms with van der Waals surface area (Å²) in [6.45, 7) is 4.25. The zero-order valence-corrected chi connectivity index (χ0v) is 12.8. The van der Waals surface area contributed by atoms with E-state index in [-0.39, 0.29) is 23.1 Å².